The Kier molecular flexibility index (Phi) is 7.90. The molecule has 1 fully saturated rings. The van der Waals surface area contributed by atoms with Crippen molar-refractivity contribution < 1.29 is 27.9 Å². The maximum Gasteiger partial charge on any atom is 0.305 e. The summed E-state index contributed by atoms with van der Waals surface area (Å²) >= 11 is -1.71. The highest BCUT2D eigenvalue weighted by Crippen LogP contribution is 2.40. The van der Waals surface area contributed by atoms with Crippen molar-refractivity contribution in [3.8, 4) is 11.1 Å². The Morgan fingerprint density at radius 2 is 1.77 bits per heavy atom. The van der Waals surface area contributed by atoms with Crippen LogP contribution in [-0.4, -0.2) is 38.4 Å². The lowest BCUT2D eigenvalue weighted by atomic mass is 9.86. The number of imide groups is 1. The van der Waals surface area contributed by atoms with Gasteiger partial charge in [0.15, 0.2) is 0 Å². The first-order valence-corrected chi connectivity index (χ1v) is 14.4. The molecule has 9 nitrogen and oxygen atoms in total. The van der Waals surface area contributed by atoms with Gasteiger partial charge in [-0.05, 0) is 64.4 Å². The van der Waals surface area contributed by atoms with E-state index in [4.69, 9.17) is 4.55 Å². The SMILES string of the molecule is CC1CC(=O)N(C2CCC(=O)NC2=O)c2ccc(-c3cccc(CC(=O)Nc4cccc(CS(=O)[OH2+])c4)c3)cc21. The van der Waals surface area contributed by atoms with E-state index in [0.717, 1.165) is 22.3 Å². The Morgan fingerprint density at radius 3 is 2.55 bits per heavy atom. The lowest BCUT2D eigenvalue weighted by molar-refractivity contribution is -0.136. The van der Waals surface area contributed by atoms with Gasteiger partial charge >= 0.3 is 11.1 Å². The summed E-state index contributed by atoms with van der Waals surface area (Å²) in [6.07, 6.45) is 0.917. The van der Waals surface area contributed by atoms with Crippen molar-refractivity contribution in [1.29, 1.82) is 0 Å². The van der Waals surface area contributed by atoms with Gasteiger partial charge in [-0.3, -0.25) is 29.4 Å². The average molecular weight is 561 g/mol. The number of carbonyl (C=O) groups excluding carboxylic acids is 4. The van der Waals surface area contributed by atoms with Crippen molar-refractivity contribution in [3.63, 3.8) is 0 Å². The zero-order chi connectivity index (χ0) is 28.4. The number of fused-ring (bicyclic) bond motifs is 1. The molecule has 40 heavy (non-hydrogen) atoms. The van der Waals surface area contributed by atoms with Crippen molar-refractivity contribution >= 4 is 46.1 Å². The van der Waals surface area contributed by atoms with Crippen molar-refractivity contribution in [1.82, 2.24) is 5.32 Å². The van der Waals surface area contributed by atoms with E-state index in [9.17, 15) is 23.4 Å². The topological polar surface area (TPSA) is 136 Å². The van der Waals surface area contributed by atoms with Crippen LogP contribution >= 0.6 is 0 Å². The molecule has 3 atom stereocenters. The van der Waals surface area contributed by atoms with Crippen LogP contribution in [-0.2, 0) is 42.4 Å². The fourth-order valence-electron chi connectivity index (χ4n) is 5.36. The summed E-state index contributed by atoms with van der Waals surface area (Å²) in [4.78, 5) is 51.5. The second kappa shape index (κ2) is 11.5. The van der Waals surface area contributed by atoms with Crippen LogP contribution in [0.3, 0.4) is 0 Å². The van der Waals surface area contributed by atoms with Crippen LogP contribution in [0.25, 0.3) is 11.1 Å². The van der Waals surface area contributed by atoms with Crippen LogP contribution in [0.5, 0.6) is 0 Å². The highest BCUT2D eigenvalue weighted by molar-refractivity contribution is 7.78. The molecule has 0 bridgehead atoms. The van der Waals surface area contributed by atoms with Crippen molar-refractivity contribution in [2.24, 2.45) is 0 Å². The Bertz CT molecular complexity index is 1540. The largest absolute Gasteiger partial charge is 0.351 e. The third-order valence-corrected chi connectivity index (χ3v) is 7.82. The number of nitrogens with zero attached hydrogens (tertiary/aromatic N) is 1. The third-order valence-electron chi connectivity index (χ3n) is 7.22. The molecule has 0 aromatic heterocycles. The minimum Gasteiger partial charge on any atom is -0.351 e. The fraction of sp³-hybridized carbons (Fsp3) is 0.267. The summed E-state index contributed by atoms with van der Waals surface area (Å²) < 4.78 is 18.5. The van der Waals surface area contributed by atoms with Gasteiger partial charge in [-0.1, -0.05) is 49.4 Å². The van der Waals surface area contributed by atoms with Gasteiger partial charge in [0.2, 0.25) is 23.6 Å². The number of hydrogen-bond donors (Lipinski definition) is 2. The molecular formula is C30H30N3O6S+. The van der Waals surface area contributed by atoms with Crippen molar-refractivity contribution in [2.75, 3.05) is 10.2 Å². The van der Waals surface area contributed by atoms with E-state index in [2.05, 4.69) is 10.6 Å². The Morgan fingerprint density at radius 1 is 1.02 bits per heavy atom. The molecule has 0 spiro atoms. The predicted octanol–water partition coefficient (Wildman–Crippen LogP) is 3.07. The molecule has 3 aromatic rings. The Labute approximate surface area is 234 Å². The molecule has 0 saturated carbocycles. The van der Waals surface area contributed by atoms with Crippen LogP contribution in [0.4, 0.5) is 11.4 Å². The number of benzene rings is 3. The molecule has 2 heterocycles. The van der Waals surface area contributed by atoms with E-state index < -0.39 is 23.0 Å². The predicted molar refractivity (Wildman–Crippen MR) is 153 cm³/mol. The average Bonchev–Trinajstić information content (AvgIpc) is 2.89. The summed E-state index contributed by atoms with van der Waals surface area (Å²) in [5, 5.41) is 5.22. The Balaban J connectivity index is 1.35. The number of amides is 4. The van der Waals surface area contributed by atoms with Gasteiger partial charge in [-0.15, -0.1) is 0 Å². The molecular weight excluding hydrogens is 530 g/mol. The molecule has 5 rings (SSSR count). The first-order chi connectivity index (χ1) is 19.2. The van der Waals surface area contributed by atoms with Gasteiger partial charge in [0.1, 0.15) is 11.8 Å². The number of rotatable bonds is 7. The number of nitrogens with one attached hydrogen (secondary N) is 2. The normalized spacial score (nSPS) is 19.6. The molecule has 1 saturated heterocycles. The van der Waals surface area contributed by atoms with Crippen molar-refractivity contribution in [3.05, 3.63) is 83.4 Å². The van der Waals surface area contributed by atoms with E-state index in [1.165, 1.54) is 0 Å². The van der Waals surface area contributed by atoms with E-state index in [1.807, 2.05) is 49.4 Å². The zero-order valence-electron chi connectivity index (χ0n) is 21.9. The second-order valence-corrected chi connectivity index (χ2v) is 11.2. The third kappa shape index (κ3) is 6.03. The van der Waals surface area contributed by atoms with Crippen LogP contribution < -0.4 is 15.5 Å². The Hall–Kier alpha value is -4.15. The number of anilines is 2. The quantitative estimate of drug-likeness (QED) is 0.338. The van der Waals surface area contributed by atoms with Crippen molar-refractivity contribution in [2.45, 2.75) is 50.3 Å². The van der Waals surface area contributed by atoms with Gasteiger partial charge in [-0.25, -0.2) is 0 Å². The molecule has 206 valence electrons. The van der Waals surface area contributed by atoms with Gasteiger partial charge in [0, 0.05) is 24.2 Å². The van der Waals surface area contributed by atoms with E-state index in [-0.39, 0.29) is 48.7 Å². The minimum absolute atomic E-state index is 0.0378. The van der Waals surface area contributed by atoms with Crippen LogP contribution in [0, 0.1) is 0 Å². The smallest absolute Gasteiger partial charge is 0.305 e. The number of carbonyl (C=O) groups is 4. The highest BCUT2D eigenvalue weighted by Gasteiger charge is 2.39. The van der Waals surface area contributed by atoms with E-state index >= 15 is 0 Å². The highest BCUT2D eigenvalue weighted by atomic mass is 32.2. The number of hydrogen-bond acceptors (Lipinski definition) is 5. The van der Waals surface area contributed by atoms with Crippen LogP contribution in [0.15, 0.2) is 66.7 Å². The molecule has 3 aromatic carbocycles. The summed E-state index contributed by atoms with van der Waals surface area (Å²) in [5.74, 6) is -1.03. The maximum absolute atomic E-state index is 13.0. The monoisotopic (exact) mass is 560 g/mol. The zero-order valence-corrected chi connectivity index (χ0v) is 22.8. The summed E-state index contributed by atoms with van der Waals surface area (Å²) in [7, 11) is 0. The van der Waals surface area contributed by atoms with Crippen LogP contribution in [0.1, 0.15) is 48.8 Å². The van der Waals surface area contributed by atoms with Gasteiger partial charge in [-0.2, -0.15) is 4.21 Å². The standard InChI is InChI=1S/C30H29N3O6S/c1-18-12-29(36)33(26-10-11-27(34)32-30(26)37)25-9-8-22(16-24(18)25)21-6-2-4-19(13-21)15-28(35)31-23-7-3-5-20(14-23)17-40(38)39/h2-9,13-14,16,18,26H,10-12,15,17H2,1H3,(H,31,35)(H,38,39)(H,32,34,37)/p+1. The number of piperidine rings is 1. The van der Waals surface area contributed by atoms with E-state index in [1.54, 1.807) is 29.2 Å². The molecule has 0 aliphatic carbocycles. The molecule has 4 N–H and O–H groups in total. The lowest BCUT2D eigenvalue weighted by Gasteiger charge is -2.38. The lowest BCUT2D eigenvalue weighted by Crippen LogP contribution is -2.55. The fourth-order valence-corrected chi connectivity index (χ4v) is 5.85. The molecule has 3 unspecified atom stereocenters. The van der Waals surface area contributed by atoms with Gasteiger partial charge in [0.05, 0.1) is 6.42 Å². The molecule has 10 heteroatoms. The molecule has 2 aliphatic heterocycles. The second-order valence-electron chi connectivity index (χ2n) is 10.2. The molecule has 4 amide bonds. The first-order valence-electron chi connectivity index (χ1n) is 13.1. The van der Waals surface area contributed by atoms with Crippen LogP contribution in [0.2, 0.25) is 0 Å². The first kappa shape index (κ1) is 27.4. The minimum atomic E-state index is -1.71. The van der Waals surface area contributed by atoms with Gasteiger partial charge in [0.25, 0.3) is 0 Å². The summed E-state index contributed by atoms with van der Waals surface area (Å²) in [6.45, 7) is 1.99. The molecule has 0 radical (unpaired) electrons. The van der Waals surface area contributed by atoms with E-state index in [0.29, 0.717) is 23.4 Å². The maximum atomic E-state index is 13.0. The van der Waals surface area contributed by atoms with Gasteiger partial charge < -0.3 is 9.87 Å². The summed E-state index contributed by atoms with van der Waals surface area (Å²) in [6, 6.07) is 19.8. The summed E-state index contributed by atoms with van der Waals surface area (Å²) in [5.41, 5.74) is 5.62. The molecule has 2 aliphatic rings.